The first kappa shape index (κ1) is 12.1. The molecule has 1 aliphatic heterocycles. The number of hydrogen-bond donors (Lipinski definition) is 0. The Hall–Kier alpha value is -1.95. The number of imide groups is 1. The number of hydrogen-bond acceptors (Lipinski definition) is 5. The minimum atomic E-state index is -0.484. The third kappa shape index (κ3) is 1.71. The standard InChI is InChI=1S/C13H11NO4S/c1-18-13(17)11-7-3-2-4-8(7)19-12(11)14-9(15)5-6-10(14)16/h5-6H,2-4H2,1H3. The quantitative estimate of drug-likeness (QED) is 0.606. The topological polar surface area (TPSA) is 63.7 Å². The Balaban J connectivity index is 2.14. The molecule has 0 fully saturated rings. The molecule has 98 valence electrons. The molecule has 0 N–H and O–H groups in total. The highest BCUT2D eigenvalue weighted by Crippen LogP contribution is 2.42. The fourth-order valence-corrected chi connectivity index (χ4v) is 3.85. The first-order valence-electron chi connectivity index (χ1n) is 5.92. The zero-order chi connectivity index (χ0) is 13.6. The number of amides is 2. The predicted molar refractivity (Wildman–Crippen MR) is 69.3 cm³/mol. The molecule has 6 heteroatoms. The maximum atomic E-state index is 11.9. The first-order valence-corrected chi connectivity index (χ1v) is 6.74. The Bertz CT molecular complexity index is 611. The Kier molecular flexibility index (Phi) is 2.74. The summed E-state index contributed by atoms with van der Waals surface area (Å²) in [7, 11) is 1.30. The molecule has 2 aliphatic rings. The van der Waals surface area contributed by atoms with Gasteiger partial charge < -0.3 is 4.74 Å². The molecule has 19 heavy (non-hydrogen) atoms. The molecule has 2 heterocycles. The molecule has 1 aromatic heterocycles. The predicted octanol–water partition coefficient (Wildman–Crippen LogP) is 1.45. The normalized spacial score (nSPS) is 17.2. The van der Waals surface area contributed by atoms with E-state index in [0.29, 0.717) is 10.6 Å². The number of methoxy groups -OCH3 is 1. The van der Waals surface area contributed by atoms with Crippen molar-refractivity contribution in [3.05, 3.63) is 28.2 Å². The summed E-state index contributed by atoms with van der Waals surface area (Å²) in [5.41, 5.74) is 1.31. The molecule has 5 nitrogen and oxygen atoms in total. The summed E-state index contributed by atoms with van der Waals surface area (Å²) in [5.74, 6) is -1.30. The van der Waals surface area contributed by atoms with Gasteiger partial charge >= 0.3 is 5.97 Å². The van der Waals surface area contributed by atoms with Crippen LogP contribution in [-0.4, -0.2) is 24.9 Å². The number of aryl methyl sites for hydroxylation is 1. The number of thiophene rings is 1. The molecule has 0 saturated carbocycles. The summed E-state index contributed by atoms with van der Waals surface area (Å²) < 4.78 is 4.79. The number of anilines is 1. The third-order valence-electron chi connectivity index (χ3n) is 3.30. The van der Waals surface area contributed by atoms with Gasteiger partial charge in [-0.3, -0.25) is 9.59 Å². The number of rotatable bonds is 2. The second-order valence-electron chi connectivity index (χ2n) is 4.37. The highest BCUT2D eigenvalue weighted by Gasteiger charge is 2.35. The van der Waals surface area contributed by atoms with Crippen LogP contribution in [-0.2, 0) is 27.2 Å². The minimum absolute atomic E-state index is 0.380. The molecule has 1 aliphatic carbocycles. The third-order valence-corrected chi connectivity index (χ3v) is 4.58. The molecule has 1 aromatic rings. The van der Waals surface area contributed by atoms with E-state index in [0.717, 1.165) is 34.6 Å². The lowest BCUT2D eigenvalue weighted by Crippen LogP contribution is -2.30. The fourth-order valence-electron chi connectivity index (χ4n) is 2.46. The van der Waals surface area contributed by atoms with Crippen molar-refractivity contribution < 1.29 is 19.1 Å². The van der Waals surface area contributed by atoms with E-state index < -0.39 is 17.8 Å². The molecule has 0 unspecified atom stereocenters. The Morgan fingerprint density at radius 1 is 1.26 bits per heavy atom. The molecular formula is C13H11NO4S. The average molecular weight is 277 g/mol. The van der Waals surface area contributed by atoms with E-state index in [1.54, 1.807) is 0 Å². The van der Waals surface area contributed by atoms with Gasteiger partial charge in [-0.25, -0.2) is 9.69 Å². The van der Waals surface area contributed by atoms with Crippen molar-refractivity contribution in [2.45, 2.75) is 19.3 Å². The summed E-state index contributed by atoms with van der Waals surface area (Å²) in [6, 6.07) is 0. The van der Waals surface area contributed by atoms with E-state index in [2.05, 4.69) is 0 Å². The van der Waals surface area contributed by atoms with Gasteiger partial charge in [0.15, 0.2) is 0 Å². The van der Waals surface area contributed by atoms with Crippen LogP contribution < -0.4 is 4.90 Å². The number of esters is 1. The van der Waals surface area contributed by atoms with Gasteiger partial charge in [0.1, 0.15) is 5.00 Å². The van der Waals surface area contributed by atoms with Gasteiger partial charge in [-0.2, -0.15) is 0 Å². The fraction of sp³-hybridized carbons (Fsp3) is 0.308. The SMILES string of the molecule is COC(=O)c1c(N2C(=O)C=CC2=O)sc2c1CCC2. The average Bonchev–Trinajstić information content (AvgIpc) is 3.03. The largest absolute Gasteiger partial charge is 0.465 e. The number of fused-ring (bicyclic) bond motifs is 1. The van der Waals surface area contributed by atoms with Gasteiger partial charge in [-0.1, -0.05) is 0 Å². The van der Waals surface area contributed by atoms with Crippen molar-refractivity contribution in [3.8, 4) is 0 Å². The van der Waals surface area contributed by atoms with Crippen molar-refractivity contribution in [3.63, 3.8) is 0 Å². The lowest BCUT2D eigenvalue weighted by Gasteiger charge is -2.13. The number of ether oxygens (including phenoxy) is 1. The van der Waals surface area contributed by atoms with Gasteiger partial charge in [-0.05, 0) is 24.8 Å². The second kappa shape index (κ2) is 4.31. The van der Waals surface area contributed by atoms with E-state index in [4.69, 9.17) is 4.74 Å². The van der Waals surface area contributed by atoms with Crippen molar-refractivity contribution in [1.29, 1.82) is 0 Å². The van der Waals surface area contributed by atoms with Crippen molar-refractivity contribution in [2.24, 2.45) is 0 Å². The van der Waals surface area contributed by atoms with Gasteiger partial charge in [0.2, 0.25) is 0 Å². The van der Waals surface area contributed by atoms with Gasteiger partial charge in [-0.15, -0.1) is 11.3 Å². The van der Waals surface area contributed by atoms with Crippen molar-refractivity contribution in [1.82, 2.24) is 0 Å². The first-order chi connectivity index (χ1) is 9.13. The smallest absolute Gasteiger partial charge is 0.341 e. The van der Waals surface area contributed by atoms with Crippen LogP contribution in [0.25, 0.3) is 0 Å². The zero-order valence-electron chi connectivity index (χ0n) is 10.3. The van der Waals surface area contributed by atoms with E-state index in [1.807, 2.05) is 0 Å². The summed E-state index contributed by atoms with van der Waals surface area (Å²) in [6.07, 6.45) is 5.10. The van der Waals surface area contributed by atoms with Crippen LogP contribution in [0.15, 0.2) is 12.2 Å². The number of carbonyl (C=O) groups excluding carboxylic acids is 3. The van der Waals surface area contributed by atoms with Crippen LogP contribution in [0, 0.1) is 0 Å². The van der Waals surface area contributed by atoms with Gasteiger partial charge in [0, 0.05) is 17.0 Å². The summed E-state index contributed by atoms with van der Waals surface area (Å²) >= 11 is 1.34. The van der Waals surface area contributed by atoms with E-state index >= 15 is 0 Å². The summed E-state index contributed by atoms with van der Waals surface area (Å²) in [5, 5.41) is 0.400. The number of carbonyl (C=O) groups is 3. The van der Waals surface area contributed by atoms with Crippen LogP contribution in [0.5, 0.6) is 0 Å². The molecule has 0 saturated heterocycles. The van der Waals surface area contributed by atoms with Gasteiger partial charge in [0.25, 0.3) is 11.8 Å². The molecular weight excluding hydrogens is 266 g/mol. The molecule has 2 amide bonds. The number of nitrogens with zero attached hydrogens (tertiary/aromatic N) is 1. The van der Waals surface area contributed by atoms with Crippen molar-refractivity contribution in [2.75, 3.05) is 12.0 Å². The zero-order valence-corrected chi connectivity index (χ0v) is 11.1. The second-order valence-corrected chi connectivity index (χ2v) is 5.46. The summed E-state index contributed by atoms with van der Waals surface area (Å²) in [6.45, 7) is 0. The van der Waals surface area contributed by atoms with Crippen LogP contribution in [0.2, 0.25) is 0 Å². The monoisotopic (exact) mass is 277 g/mol. The maximum absolute atomic E-state index is 11.9. The van der Waals surface area contributed by atoms with Crippen LogP contribution >= 0.6 is 11.3 Å². The van der Waals surface area contributed by atoms with Crippen LogP contribution in [0.4, 0.5) is 5.00 Å². The Morgan fingerprint density at radius 3 is 2.58 bits per heavy atom. The van der Waals surface area contributed by atoms with Gasteiger partial charge in [0.05, 0.1) is 12.7 Å². The molecule has 0 bridgehead atoms. The Morgan fingerprint density at radius 2 is 1.95 bits per heavy atom. The Labute approximate surface area is 113 Å². The van der Waals surface area contributed by atoms with E-state index in [-0.39, 0.29) is 0 Å². The molecule has 0 atom stereocenters. The van der Waals surface area contributed by atoms with E-state index in [1.165, 1.54) is 30.6 Å². The maximum Gasteiger partial charge on any atom is 0.341 e. The van der Waals surface area contributed by atoms with Crippen LogP contribution in [0.1, 0.15) is 27.2 Å². The molecule has 0 radical (unpaired) electrons. The molecule has 0 aromatic carbocycles. The minimum Gasteiger partial charge on any atom is -0.465 e. The molecule has 3 rings (SSSR count). The molecule has 0 spiro atoms. The highest BCUT2D eigenvalue weighted by atomic mass is 32.1. The highest BCUT2D eigenvalue weighted by molar-refractivity contribution is 7.17. The lowest BCUT2D eigenvalue weighted by molar-refractivity contribution is -0.119. The van der Waals surface area contributed by atoms with Crippen LogP contribution in [0.3, 0.4) is 0 Å². The summed E-state index contributed by atoms with van der Waals surface area (Å²) in [4.78, 5) is 37.6. The van der Waals surface area contributed by atoms with E-state index in [9.17, 15) is 14.4 Å². The lowest BCUT2D eigenvalue weighted by atomic mass is 10.1. The van der Waals surface area contributed by atoms with Crippen molar-refractivity contribution >= 4 is 34.1 Å².